The van der Waals surface area contributed by atoms with Gasteiger partial charge in [-0.2, -0.15) is 0 Å². The molecule has 0 amide bonds. The zero-order valence-corrected chi connectivity index (χ0v) is 20.8. The lowest BCUT2D eigenvalue weighted by Crippen LogP contribution is -2.29. The van der Waals surface area contributed by atoms with E-state index in [0.29, 0.717) is 0 Å². The van der Waals surface area contributed by atoms with E-state index < -0.39 is 24.0 Å². The highest BCUT2D eigenvalue weighted by molar-refractivity contribution is 5.67. The monoisotopic (exact) mass is 444 g/mol. The minimum atomic E-state index is -0.754. The fraction of sp³-hybridized carbons (Fsp3) is 0.880. The summed E-state index contributed by atoms with van der Waals surface area (Å²) in [5, 5.41) is 0. The predicted octanol–water partition coefficient (Wildman–Crippen LogP) is 6.53. The van der Waals surface area contributed by atoms with Gasteiger partial charge in [0.25, 0.3) is 0 Å². The summed E-state index contributed by atoms with van der Waals surface area (Å²) in [5.74, 6) is -1.51. The lowest BCUT2D eigenvalue weighted by molar-refractivity contribution is -0.163. The molecule has 0 saturated carbocycles. The van der Waals surface area contributed by atoms with Gasteiger partial charge >= 0.3 is 17.9 Å². The minimum Gasteiger partial charge on any atom is -0.462 e. The number of hydrogen-bond donors (Lipinski definition) is 0. The average molecular weight is 445 g/mol. The second-order valence-corrected chi connectivity index (χ2v) is 8.08. The van der Waals surface area contributed by atoms with Crippen molar-refractivity contribution in [1.82, 2.24) is 0 Å². The second-order valence-electron chi connectivity index (χ2n) is 8.08. The van der Waals surface area contributed by atoms with Crippen LogP contribution in [0.15, 0.2) is 0 Å². The highest BCUT2D eigenvalue weighted by atomic mass is 16.6. The molecule has 0 aromatic carbocycles. The number of carbonyl (C=O) groups excluding carboxylic acids is 3. The zero-order chi connectivity index (χ0) is 23.7. The van der Waals surface area contributed by atoms with Crippen LogP contribution in [0.2, 0.25) is 0 Å². The van der Waals surface area contributed by atoms with Crippen LogP contribution in [0.3, 0.4) is 0 Å². The first-order valence-corrected chi connectivity index (χ1v) is 12.3. The van der Waals surface area contributed by atoms with Gasteiger partial charge in [-0.05, 0) is 0 Å². The molecule has 0 N–H and O–H groups in total. The van der Waals surface area contributed by atoms with Crippen LogP contribution in [0.25, 0.3) is 0 Å². The van der Waals surface area contributed by atoms with Crippen LogP contribution in [-0.2, 0) is 28.6 Å². The fourth-order valence-electron chi connectivity index (χ4n) is 3.04. The largest absolute Gasteiger partial charge is 0.462 e. The number of carbonyl (C=O) groups is 3. The molecule has 0 unspecified atom stereocenters. The number of rotatable bonds is 18. The van der Waals surface area contributed by atoms with Gasteiger partial charge in [0.1, 0.15) is 13.2 Å². The number of ether oxygens (including phenoxy) is 3. The van der Waals surface area contributed by atoms with Crippen LogP contribution >= 0.6 is 0 Å². The summed E-state index contributed by atoms with van der Waals surface area (Å²) in [4.78, 5) is 31.6. The van der Waals surface area contributed by atoms with E-state index in [-0.39, 0.29) is 13.2 Å². The van der Waals surface area contributed by atoms with Gasteiger partial charge in [0.15, 0.2) is 6.10 Å². The first-order chi connectivity index (χ1) is 14.8. The van der Waals surface area contributed by atoms with Crippen molar-refractivity contribution >= 4 is 17.9 Å². The SMILES string of the molecule is CC(=O)OCC(COC(C)=O)OC(C)=O.CCCCCCCCCCCCCCCC. The van der Waals surface area contributed by atoms with Crippen molar-refractivity contribution in [1.29, 1.82) is 0 Å². The highest BCUT2D eigenvalue weighted by Gasteiger charge is 2.15. The first kappa shape index (κ1) is 31.6. The molecular formula is C25H48O6. The molecule has 0 aliphatic carbocycles. The lowest BCUT2D eigenvalue weighted by atomic mass is 10.0. The molecule has 0 atom stereocenters. The zero-order valence-electron chi connectivity index (χ0n) is 20.8. The van der Waals surface area contributed by atoms with E-state index in [2.05, 4.69) is 23.3 Å². The second kappa shape index (κ2) is 24.7. The minimum absolute atomic E-state index is 0.123. The standard InChI is InChI=1S/C16H34.C9H14O6/c1-3-5-7-9-11-13-15-16-14-12-10-8-6-4-2;1-6(10)13-4-9(15-8(3)12)5-14-7(2)11/h3-16H2,1-2H3;9H,4-5H2,1-3H3. The average Bonchev–Trinajstić information content (AvgIpc) is 2.71. The van der Waals surface area contributed by atoms with Crippen molar-refractivity contribution < 1.29 is 28.6 Å². The van der Waals surface area contributed by atoms with Crippen molar-refractivity contribution in [3.05, 3.63) is 0 Å². The van der Waals surface area contributed by atoms with Gasteiger partial charge in [0, 0.05) is 20.8 Å². The van der Waals surface area contributed by atoms with E-state index in [0.717, 1.165) is 0 Å². The Morgan fingerprint density at radius 3 is 1.03 bits per heavy atom. The summed E-state index contributed by atoms with van der Waals surface area (Å²) >= 11 is 0. The summed E-state index contributed by atoms with van der Waals surface area (Å²) in [6.45, 7) is 8.02. The van der Waals surface area contributed by atoms with Crippen molar-refractivity contribution in [3.63, 3.8) is 0 Å². The van der Waals surface area contributed by atoms with E-state index >= 15 is 0 Å². The van der Waals surface area contributed by atoms with Gasteiger partial charge in [-0.1, -0.05) is 104 Å². The molecule has 31 heavy (non-hydrogen) atoms. The third kappa shape index (κ3) is 30.7. The Labute approximate surface area is 190 Å². The normalized spacial score (nSPS) is 10.3. The fourth-order valence-corrected chi connectivity index (χ4v) is 3.04. The van der Waals surface area contributed by atoms with E-state index in [1.807, 2.05) is 0 Å². The summed E-state index contributed by atoms with van der Waals surface area (Å²) in [7, 11) is 0. The molecule has 6 nitrogen and oxygen atoms in total. The summed E-state index contributed by atoms with van der Waals surface area (Å²) in [5.41, 5.74) is 0. The quantitative estimate of drug-likeness (QED) is 0.136. The van der Waals surface area contributed by atoms with Crippen LogP contribution in [0.5, 0.6) is 0 Å². The van der Waals surface area contributed by atoms with Crippen LogP contribution in [-0.4, -0.2) is 37.2 Å². The summed E-state index contributed by atoms with van der Waals surface area (Å²) in [6, 6.07) is 0. The number of hydrogen-bond acceptors (Lipinski definition) is 6. The van der Waals surface area contributed by atoms with Gasteiger partial charge in [0.2, 0.25) is 0 Å². The summed E-state index contributed by atoms with van der Waals surface area (Å²) in [6.07, 6.45) is 19.7. The molecule has 0 saturated heterocycles. The van der Waals surface area contributed by atoms with Crippen molar-refractivity contribution in [3.8, 4) is 0 Å². The molecule has 0 aromatic heterocycles. The Kier molecular flexibility index (Phi) is 25.2. The molecule has 0 heterocycles. The maximum absolute atomic E-state index is 10.6. The molecule has 0 radical (unpaired) electrons. The third-order valence-electron chi connectivity index (χ3n) is 4.73. The molecule has 0 bridgehead atoms. The highest BCUT2D eigenvalue weighted by Crippen LogP contribution is 2.12. The Bertz CT molecular complexity index is 404. The number of unbranched alkanes of at least 4 members (excludes halogenated alkanes) is 13. The van der Waals surface area contributed by atoms with Crippen molar-refractivity contribution in [2.24, 2.45) is 0 Å². The van der Waals surface area contributed by atoms with Crippen LogP contribution in [0, 0.1) is 0 Å². The van der Waals surface area contributed by atoms with E-state index in [9.17, 15) is 14.4 Å². The Morgan fingerprint density at radius 1 is 0.516 bits per heavy atom. The van der Waals surface area contributed by atoms with Crippen molar-refractivity contribution in [2.75, 3.05) is 13.2 Å². The van der Waals surface area contributed by atoms with Gasteiger partial charge in [-0.3, -0.25) is 14.4 Å². The molecule has 0 aliphatic rings. The van der Waals surface area contributed by atoms with Gasteiger partial charge in [-0.25, -0.2) is 0 Å². The van der Waals surface area contributed by atoms with E-state index in [1.54, 1.807) is 0 Å². The van der Waals surface area contributed by atoms with Crippen molar-refractivity contribution in [2.45, 2.75) is 131 Å². The van der Waals surface area contributed by atoms with Gasteiger partial charge < -0.3 is 14.2 Å². The lowest BCUT2D eigenvalue weighted by Gasteiger charge is -2.15. The number of esters is 3. The molecule has 0 rings (SSSR count). The van der Waals surface area contributed by atoms with E-state index in [4.69, 9.17) is 4.74 Å². The molecule has 0 aliphatic heterocycles. The van der Waals surface area contributed by atoms with Gasteiger partial charge in [0.05, 0.1) is 0 Å². The van der Waals surface area contributed by atoms with Crippen LogP contribution < -0.4 is 0 Å². The third-order valence-corrected chi connectivity index (χ3v) is 4.73. The molecule has 0 spiro atoms. The predicted molar refractivity (Wildman–Crippen MR) is 125 cm³/mol. The Balaban J connectivity index is 0. The first-order valence-electron chi connectivity index (χ1n) is 12.3. The van der Waals surface area contributed by atoms with Crippen LogP contribution in [0.1, 0.15) is 125 Å². The maximum atomic E-state index is 10.6. The molecular weight excluding hydrogens is 396 g/mol. The molecule has 0 aromatic rings. The molecule has 0 fully saturated rings. The molecule has 184 valence electrons. The van der Waals surface area contributed by atoms with Crippen LogP contribution in [0.4, 0.5) is 0 Å². The Morgan fingerprint density at radius 2 is 0.806 bits per heavy atom. The topological polar surface area (TPSA) is 78.9 Å². The van der Waals surface area contributed by atoms with Gasteiger partial charge in [-0.15, -0.1) is 0 Å². The molecule has 6 heteroatoms. The summed E-state index contributed by atoms with van der Waals surface area (Å²) < 4.78 is 14.0. The smallest absolute Gasteiger partial charge is 0.303 e. The van der Waals surface area contributed by atoms with E-state index in [1.165, 1.54) is 111 Å². The maximum Gasteiger partial charge on any atom is 0.303 e. The Hall–Kier alpha value is -1.59.